The number of quaternary nitrogens is 1. The van der Waals surface area contributed by atoms with E-state index in [0.29, 0.717) is 30.4 Å². The number of rotatable bonds is 9. The fraction of sp³-hybridized carbons (Fsp3) is 0.417. The molecule has 0 aromatic heterocycles. The monoisotopic (exact) mass is 426 g/mol. The van der Waals surface area contributed by atoms with Gasteiger partial charge < -0.3 is 24.6 Å². The van der Waals surface area contributed by atoms with Crippen molar-refractivity contribution in [1.82, 2.24) is 0 Å². The first kappa shape index (κ1) is 22.6. The molecule has 0 spiro atoms. The quantitative estimate of drug-likeness (QED) is 0.643. The Kier molecular flexibility index (Phi) is 7.52. The van der Waals surface area contributed by atoms with Crippen LogP contribution >= 0.6 is 0 Å². The van der Waals surface area contributed by atoms with Gasteiger partial charge in [0.1, 0.15) is 0 Å². The number of para-hydroxylation sites is 1. The lowest BCUT2D eigenvalue weighted by molar-refractivity contribution is -0.862. The summed E-state index contributed by atoms with van der Waals surface area (Å²) in [7, 11) is 1.86. The van der Waals surface area contributed by atoms with Crippen LogP contribution < -0.4 is 24.6 Å². The van der Waals surface area contributed by atoms with Crippen molar-refractivity contribution in [2.24, 2.45) is 0 Å². The second-order valence-corrected chi connectivity index (χ2v) is 7.83. The van der Waals surface area contributed by atoms with Crippen LogP contribution in [-0.2, 0) is 16.0 Å². The second-order valence-electron chi connectivity index (χ2n) is 7.83. The van der Waals surface area contributed by atoms with Gasteiger partial charge in [0.2, 0.25) is 0 Å². The Balaban J connectivity index is 1.57. The van der Waals surface area contributed by atoms with Gasteiger partial charge in [0.25, 0.3) is 11.8 Å². The van der Waals surface area contributed by atoms with Crippen molar-refractivity contribution in [2.75, 3.05) is 43.6 Å². The molecular weight excluding hydrogens is 394 g/mol. The highest BCUT2D eigenvalue weighted by molar-refractivity contribution is 5.97. The van der Waals surface area contributed by atoms with Crippen LogP contribution in [0.5, 0.6) is 11.5 Å². The number of ether oxygens (including phenoxy) is 2. The largest absolute Gasteiger partial charge is 0.490 e. The molecule has 31 heavy (non-hydrogen) atoms. The first-order valence-corrected chi connectivity index (χ1v) is 10.8. The molecule has 166 valence electrons. The van der Waals surface area contributed by atoms with Gasteiger partial charge in [-0.05, 0) is 51.0 Å². The average Bonchev–Trinajstić information content (AvgIpc) is 3.05. The van der Waals surface area contributed by atoms with Crippen molar-refractivity contribution in [1.29, 1.82) is 0 Å². The van der Waals surface area contributed by atoms with Gasteiger partial charge in [-0.3, -0.25) is 9.59 Å². The fourth-order valence-electron chi connectivity index (χ4n) is 3.96. The van der Waals surface area contributed by atoms with Crippen LogP contribution in [0.2, 0.25) is 0 Å². The molecule has 0 bridgehead atoms. The van der Waals surface area contributed by atoms with Crippen molar-refractivity contribution < 1.29 is 24.0 Å². The molecule has 7 nitrogen and oxygen atoms in total. The molecule has 1 aliphatic rings. The van der Waals surface area contributed by atoms with E-state index < -0.39 is 0 Å². The molecule has 0 fully saturated rings. The van der Waals surface area contributed by atoms with E-state index in [9.17, 15) is 9.59 Å². The van der Waals surface area contributed by atoms with Gasteiger partial charge in [-0.2, -0.15) is 0 Å². The van der Waals surface area contributed by atoms with Gasteiger partial charge in [-0.25, -0.2) is 0 Å². The van der Waals surface area contributed by atoms with Gasteiger partial charge in [-0.15, -0.1) is 0 Å². The molecule has 1 heterocycles. The normalized spacial score (nSPS) is 15.9. The Hall–Kier alpha value is -3.06. The van der Waals surface area contributed by atoms with Gasteiger partial charge >= 0.3 is 0 Å². The number of amides is 2. The standard InChI is InChI=1S/C24H31N3O4/c1-5-30-21-12-11-19(14-22(21)31-6-2)25-23(28)15-26(4)16-24(29)27-17(3)13-18-9-7-8-10-20(18)27/h7-12,14,17H,5-6,13,15-16H2,1-4H3,(H,25,28)/p+1/t17-/m0/s1. The van der Waals surface area contributed by atoms with Crippen molar-refractivity contribution in [3.05, 3.63) is 48.0 Å². The highest BCUT2D eigenvalue weighted by Crippen LogP contribution is 2.32. The summed E-state index contributed by atoms with van der Waals surface area (Å²) in [5.74, 6) is 1.12. The van der Waals surface area contributed by atoms with Crippen molar-refractivity contribution in [2.45, 2.75) is 33.2 Å². The van der Waals surface area contributed by atoms with Crippen LogP contribution in [0.3, 0.4) is 0 Å². The summed E-state index contributed by atoms with van der Waals surface area (Å²) in [4.78, 5) is 28.2. The van der Waals surface area contributed by atoms with Crippen molar-refractivity contribution >= 4 is 23.2 Å². The molecule has 2 aromatic rings. The van der Waals surface area contributed by atoms with Crippen LogP contribution in [0.15, 0.2) is 42.5 Å². The minimum absolute atomic E-state index is 0.0300. The number of fused-ring (bicyclic) bond motifs is 1. The molecule has 2 N–H and O–H groups in total. The first-order chi connectivity index (χ1) is 14.9. The van der Waals surface area contributed by atoms with Crippen molar-refractivity contribution in [3.63, 3.8) is 0 Å². The maximum Gasteiger partial charge on any atom is 0.282 e. The SMILES string of the molecule is CCOc1ccc(NC(=O)C[NH+](C)CC(=O)N2c3ccccc3C[C@@H]2C)cc1OCC. The van der Waals surface area contributed by atoms with Crippen LogP contribution in [0, 0.1) is 0 Å². The van der Waals surface area contributed by atoms with E-state index in [2.05, 4.69) is 18.3 Å². The first-order valence-electron chi connectivity index (χ1n) is 10.8. The second kappa shape index (κ2) is 10.3. The number of hydrogen-bond donors (Lipinski definition) is 2. The molecule has 1 unspecified atom stereocenters. The summed E-state index contributed by atoms with van der Waals surface area (Å²) in [6.07, 6.45) is 0.862. The number of benzene rings is 2. The summed E-state index contributed by atoms with van der Waals surface area (Å²) in [5, 5.41) is 2.89. The molecule has 7 heteroatoms. The Bertz CT molecular complexity index is 931. The summed E-state index contributed by atoms with van der Waals surface area (Å²) in [6.45, 7) is 7.34. The van der Waals surface area contributed by atoms with E-state index in [1.807, 2.05) is 44.0 Å². The van der Waals surface area contributed by atoms with E-state index in [1.54, 1.807) is 18.2 Å². The lowest BCUT2D eigenvalue weighted by Crippen LogP contribution is -3.11. The Morgan fingerprint density at radius 3 is 2.52 bits per heavy atom. The molecule has 3 rings (SSSR count). The summed E-state index contributed by atoms with van der Waals surface area (Å²) >= 11 is 0. The number of likely N-dealkylation sites (N-methyl/N-ethyl adjacent to an activating group) is 1. The summed E-state index contributed by atoms with van der Waals surface area (Å²) in [6, 6.07) is 13.5. The molecular formula is C24H32N3O4+. The molecule has 0 saturated carbocycles. The summed E-state index contributed by atoms with van der Waals surface area (Å²) in [5.41, 5.74) is 2.81. The lowest BCUT2D eigenvalue weighted by atomic mass is 10.1. The highest BCUT2D eigenvalue weighted by atomic mass is 16.5. The number of carbonyl (C=O) groups is 2. The average molecular weight is 427 g/mol. The fourth-order valence-corrected chi connectivity index (χ4v) is 3.96. The van der Waals surface area contributed by atoms with Crippen LogP contribution in [0.1, 0.15) is 26.3 Å². The molecule has 2 aromatic carbocycles. The minimum Gasteiger partial charge on any atom is -0.490 e. The number of carbonyl (C=O) groups excluding carboxylic acids is 2. The zero-order valence-corrected chi connectivity index (χ0v) is 18.7. The lowest BCUT2D eigenvalue weighted by Gasteiger charge is -2.24. The van der Waals surface area contributed by atoms with Crippen LogP contribution in [0.4, 0.5) is 11.4 Å². The third kappa shape index (κ3) is 5.55. The molecule has 0 saturated heterocycles. The zero-order chi connectivity index (χ0) is 22.4. The van der Waals surface area contributed by atoms with E-state index in [-0.39, 0.29) is 30.9 Å². The summed E-state index contributed by atoms with van der Waals surface area (Å²) < 4.78 is 11.2. The van der Waals surface area contributed by atoms with Crippen LogP contribution in [0.25, 0.3) is 0 Å². The molecule has 0 aliphatic carbocycles. The number of nitrogens with zero attached hydrogens (tertiary/aromatic N) is 1. The molecule has 0 radical (unpaired) electrons. The third-order valence-corrected chi connectivity index (χ3v) is 5.22. The number of hydrogen-bond acceptors (Lipinski definition) is 4. The van der Waals surface area contributed by atoms with E-state index in [4.69, 9.17) is 9.47 Å². The molecule has 2 amide bonds. The van der Waals surface area contributed by atoms with Gasteiger partial charge in [-0.1, -0.05) is 18.2 Å². The predicted molar refractivity (Wildman–Crippen MR) is 121 cm³/mol. The Labute approximate surface area is 183 Å². The highest BCUT2D eigenvalue weighted by Gasteiger charge is 2.32. The topological polar surface area (TPSA) is 72.3 Å². The minimum atomic E-state index is -0.160. The Morgan fingerprint density at radius 1 is 1.06 bits per heavy atom. The smallest absolute Gasteiger partial charge is 0.282 e. The Morgan fingerprint density at radius 2 is 1.77 bits per heavy atom. The molecule has 2 atom stereocenters. The number of anilines is 2. The van der Waals surface area contributed by atoms with Gasteiger partial charge in [0, 0.05) is 23.5 Å². The van der Waals surface area contributed by atoms with E-state index in [0.717, 1.165) is 17.0 Å². The van der Waals surface area contributed by atoms with Gasteiger partial charge in [0.15, 0.2) is 24.6 Å². The van der Waals surface area contributed by atoms with Gasteiger partial charge in [0.05, 0.1) is 20.3 Å². The maximum atomic E-state index is 12.9. The van der Waals surface area contributed by atoms with Crippen molar-refractivity contribution in [3.8, 4) is 11.5 Å². The van der Waals surface area contributed by atoms with E-state index in [1.165, 1.54) is 5.56 Å². The zero-order valence-electron chi connectivity index (χ0n) is 18.7. The molecule has 1 aliphatic heterocycles. The van der Waals surface area contributed by atoms with E-state index >= 15 is 0 Å². The van der Waals surface area contributed by atoms with Crippen LogP contribution in [-0.4, -0.2) is 51.2 Å². The maximum absolute atomic E-state index is 12.9. The predicted octanol–water partition coefficient (Wildman–Crippen LogP) is 1.92. The third-order valence-electron chi connectivity index (χ3n) is 5.22. The number of nitrogens with one attached hydrogen (secondary N) is 2.